The third kappa shape index (κ3) is 4.79. The standard InChI is InChI=1S/C24H30N2O6S/c1-15-9-16(2)13-26(12-15)33(28,29)23-11-19(6-8-21(23)30-4)24(27)25-17(3)18-5-7-20-22(10-18)32-14-31-20/h5-8,10-11,15-17H,9,12-14H2,1-4H3,(H,25,27). The lowest BCUT2D eigenvalue weighted by Crippen LogP contribution is -2.42. The number of fused-ring (bicyclic) bond motifs is 1. The number of carbonyl (C=O) groups excluding carboxylic acids is 1. The van der Waals surface area contributed by atoms with Crippen LogP contribution in [0.4, 0.5) is 0 Å². The van der Waals surface area contributed by atoms with Crippen LogP contribution in [0.2, 0.25) is 0 Å². The molecule has 0 aromatic heterocycles. The largest absolute Gasteiger partial charge is 0.495 e. The quantitative estimate of drug-likeness (QED) is 0.688. The van der Waals surface area contributed by atoms with Gasteiger partial charge in [-0.05, 0) is 61.1 Å². The summed E-state index contributed by atoms with van der Waals surface area (Å²) in [6, 6.07) is 9.68. The molecular weight excluding hydrogens is 444 g/mol. The van der Waals surface area contributed by atoms with E-state index in [0.717, 1.165) is 12.0 Å². The van der Waals surface area contributed by atoms with Crippen molar-refractivity contribution in [3.05, 3.63) is 47.5 Å². The Bertz CT molecular complexity index is 1140. The van der Waals surface area contributed by atoms with Crippen LogP contribution in [0, 0.1) is 11.8 Å². The second-order valence-electron chi connectivity index (χ2n) is 8.94. The highest BCUT2D eigenvalue weighted by Gasteiger charge is 2.34. The van der Waals surface area contributed by atoms with E-state index in [2.05, 4.69) is 19.2 Å². The maximum Gasteiger partial charge on any atom is 0.251 e. The highest BCUT2D eigenvalue weighted by molar-refractivity contribution is 7.89. The number of hydrogen-bond donors (Lipinski definition) is 1. The average Bonchev–Trinajstić information content (AvgIpc) is 3.25. The van der Waals surface area contributed by atoms with Crippen molar-refractivity contribution in [2.24, 2.45) is 11.8 Å². The van der Waals surface area contributed by atoms with Gasteiger partial charge in [-0.2, -0.15) is 4.31 Å². The summed E-state index contributed by atoms with van der Waals surface area (Å²) in [6.45, 7) is 7.04. The van der Waals surface area contributed by atoms with Crippen LogP contribution in [-0.2, 0) is 10.0 Å². The van der Waals surface area contributed by atoms with Crippen LogP contribution in [0.5, 0.6) is 17.2 Å². The summed E-state index contributed by atoms with van der Waals surface area (Å²) in [7, 11) is -2.39. The normalized spacial score (nSPS) is 21.5. The van der Waals surface area contributed by atoms with Gasteiger partial charge in [0.1, 0.15) is 10.6 Å². The van der Waals surface area contributed by atoms with Crippen LogP contribution in [0.1, 0.15) is 49.2 Å². The van der Waals surface area contributed by atoms with Crippen LogP contribution >= 0.6 is 0 Å². The van der Waals surface area contributed by atoms with Gasteiger partial charge in [-0.1, -0.05) is 19.9 Å². The van der Waals surface area contributed by atoms with Gasteiger partial charge in [0.05, 0.1) is 13.2 Å². The highest BCUT2D eigenvalue weighted by Crippen LogP contribution is 2.35. The molecule has 3 atom stereocenters. The molecule has 2 aliphatic heterocycles. The first-order valence-corrected chi connectivity index (χ1v) is 12.5. The number of nitrogens with one attached hydrogen (secondary N) is 1. The fourth-order valence-electron chi connectivity index (χ4n) is 4.51. The molecule has 4 rings (SSSR count). The van der Waals surface area contributed by atoms with Crippen LogP contribution in [0.25, 0.3) is 0 Å². The summed E-state index contributed by atoms with van der Waals surface area (Å²) < 4.78 is 44.5. The Morgan fingerprint density at radius 3 is 2.48 bits per heavy atom. The minimum Gasteiger partial charge on any atom is -0.495 e. The summed E-state index contributed by atoms with van der Waals surface area (Å²) in [4.78, 5) is 13.0. The first kappa shape index (κ1) is 23.4. The molecule has 0 bridgehead atoms. The van der Waals surface area contributed by atoms with Crippen LogP contribution < -0.4 is 19.5 Å². The molecule has 1 saturated heterocycles. The number of hydrogen-bond acceptors (Lipinski definition) is 6. The number of carbonyl (C=O) groups is 1. The number of nitrogens with zero attached hydrogens (tertiary/aromatic N) is 1. The molecule has 0 radical (unpaired) electrons. The van der Waals surface area contributed by atoms with E-state index in [1.807, 2.05) is 19.1 Å². The zero-order valence-corrected chi connectivity index (χ0v) is 20.1. The van der Waals surface area contributed by atoms with Gasteiger partial charge in [-0.3, -0.25) is 4.79 Å². The van der Waals surface area contributed by atoms with E-state index in [9.17, 15) is 13.2 Å². The monoisotopic (exact) mass is 474 g/mol. The number of methoxy groups -OCH3 is 1. The second kappa shape index (κ2) is 9.23. The van der Waals surface area contributed by atoms with Gasteiger partial charge in [0.15, 0.2) is 11.5 Å². The summed E-state index contributed by atoms with van der Waals surface area (Å²) in [5.41, 5.74) is 1.10. The highest BCUT2D eigenvalue weighted by atomic mass is 32.2. The molecular formula is C24H30N2O6S. The van der Waals surface area contributed by atoms with Gasteiger partial charge in [0.2, 0.25) is 16.8 Å². The first-order valence-electron chi connectivity index (χ1n) is 11.1. The molecule has 0 aliphatic carbocycles. The molecule has 178 valence electrons. The second-order valence-corrected chi connectivity index (χ2v) is 10.8. The van der Waals surface area contributed by atoms with E-state index in [1.165, 1.54) is 23.5 Å². The molecule has 1 amide bonds. The Balaban J connectivity index is 1.57. The lowest BCUT2D eigenvalue weighted by molar-refractivity contribution is 0.0939. The fourth-order valence-corrected chi connectivity index (χ4v) is 6.37. The molecule has 3 unspecified atom stereocenters. The predicted octanol–water partition coefficient (Wildman–Crippen LogP) is 3.58. The van der Waals surface area contributed by atoms with Crippen molar-refractivity contribution >= 4 is 15.9 Å². The van der Waals surface area contributed by atoms with E-state index in [1.54, 1.807) is 12.1 Å². The van der Waals surface area contributed by atoms with E-state index < -0.39 is 10.0 Å². The Labute approximate surface area is 194 Å². The minimum absolute atomic E-state index is 0.00897. The average molecular weight is 475 g/mol. The maximum absolute atomic E-state index is 13.5. The van der Waals surface area contributed by atoms with Crippen molar-refractivity contribution < 1.29 is 27.4 Å². The zero-order valence-electron chi connectivity index (χ0n) is 19.3. The fraction of sp³-hybridized carbons (Fsp3) is 0.458. The van der Waals surface area contributed by atoms with E-state index >= 15 is 0 Å². The number of rotatable bonds is 6. The zero-order chi connectivity index (χ0) is 23.8. The minimum atomic E-state index is -3.82. The topological polar surface area (TPSA) is 94.2 Å². The Morgan fingerprint density at radius 2 is 1.79 bits per heavy atom. The molecule has 9 heteroatoms. The van der Waals surface area contributed by atoms with Crippen molar-refractivity contribution in [1.82, 2.24) is 9.62 Å². The number of ether oxygens (including phenoxy) is 3. The smallest absolute Gasteiger partial charge is 0.251 e. The molecule has 2 aromatic carbocycles. The third-order valence-electron chi connectivity index (χ3n) is 6.12. The third-order valence-corrected chi connectivity index (χ3v) is 7.98. The van der Waals surface area contributed by atoms with Crippen molar-refractivity contribution in [1.29, 1.82) is 0 Å². The Hall–Kier alpha value is -2.78. The Morgan fingerprint density at radius 1 is 1.09 bits per heavy atom. The van der Waals surface area contributed by atoms with Gasteiger partial charge in [0.25, 0.3) is 5.91 Å². The van der Waals surface area contributed by atoms with Crippen molar-refractivity contribution in [2.45, 2.75) is 38.1 Å². The molecule has 0 saturated carbocycles. The molecule has 2 heterocycles. The molecule has 33 heavy (non-hydrogen) atoms. The molecule has 2 aromatic rings. The number of piperidine rings is 1. The van der Waals surface area contributed by atoms with Crippen molar-refractivity contribution in [3.8, 4) is 17.2 Å². The number of amides is 1. The molecule has 0 spiro atoms. The van der Waals surface area contributed by atoms with Gasteiger partial charge >= 0.3 is 0 Å². The van der Waals surface area contributed by atoms with Crippen LogP contribution in [0.15, 0.2) is 41.3 Å². The lowest BCUT2D eigenvalue weighted by Gasteiger charge is -2.34. The lowest BCUT2D eigenvalue weighted by atomic mass is 9.94. The Kier molecular flexibility index (Phi) is 6.54. The van der Waals surface area contributed by atoms with Crippen LogP contribution in [0.3, 0.4) is 0 Å². The van der Waals surface area contributed by atoms with Gasteiger partial charge in [-0.15, -0.1) is 0 Å². The van der Waals surface area contributed by atoms with E-state index in [0.29, 0.717) is 24.6 Å². The molecule has 2 aliphatic rings. The van der Waals surface area contributed by atoms with Crippen LogP contribution in [-0.4, -0.2) is 45.6 Å². The first-order chi connectivity index (χ1) is 15.7. The predicted molar refractivity (Wildman–Crippen MR) is 123 cm³/mol. The van der Waals surface area contributed by atoms with Gasteiger partial charge in [0, 0.05) is 18.7 Å². The summed E-state index contributed by atoms with van der Waals surface area (Å²) >= 11 is 0. The SMILES string of the molecule is COc1ccc(C(=O)NC(C)c2ccc3c(c2)OCO3)cc1S(=O)(=O)N1CC(C)CC(C)C1. The summed E-state index contributed by atoms with van der Waals surface area (Å²) in [5.74, 6) is 1.69. The van der Waals surface area contributed by atoms with Gasteiger partial charge < -0.3 is 19.5 Å². The summed E-state index contributed by atoms with van der Waals surface area (Å²) in [6.07, 6.45) is 0.989. The number of sulfonamides is 1. The van der Waals surface area contributed by atoms with Crippen molar-refractivity contribution in [3.63, 3.8) is 0 Å². The van der Waals surface area contributed by atoms with Gasteiger partial charge in [-0.25, -0.2) is 8.42 Å². The van der Waals surface area contributed by atoms with E-state index in [4.69, 9.17) is 14.2 Å². The molecule has 1 N–H and O–H groups in total. The van der Waals surface area contributed by atoms with E-state index in [-0.39, 0.29) is 46.8 Å². The molecule has 1 fully saturated rings. The maximum atomic E-state index is 13.5. The number of benzene rings is 2. The molecule has 8 nitrogen and oxygen atoms in total. The van der Waals surface area contributed by atoms with Crippen molar-refractivity contribution in [2.75, 3.05) is 27.0 Å². The summed E-state index contributed by atoms with van der Waals surface area (Å²) in [5, 5.41) is 2.93.